The third kappa shape index (κ3) is 4.58. The van der Waals surface area contributed by atoms with Gasteiger partial charge in [-0.25, -0.2) is 0 Å². The zero-order chi connectivity index (χ0) is 17.7. The van der Waals surface area contributed by atoms with Crippen LogP contribution in [0.2, 0.25) is 0 Å². The number of anilines is 1. The summed E-state index contributed by atoms with van der Waals surface area (Å²) in [4.78, 5) is 0. The van der Waals surface area contributed by atoms with E-state index in [4.69, 9.17) is 23.7 Å². The van der Waals surface area contributed by atoms with E-state index in [0.29, 0.717) is 0 Å². The van der Waals surface area contributed by atoms with Crippen LogP contribution >= 0.6 is 0 Å². The summed E-state index contributed by atoms with van der Waals surface area (Å²) in [6, 6.07) is 7.01. The molecule has 0 aromatic heterocycles. The molecule has 1 fully saturated rings. The second-order valence-corrected chi connectivity index (χ2v) is 6.10. The molecule has 0 radical (unpaired) electrons. The van der Waals surface area contributed by atoms with Crippen LogP contribution in [0.25, 0.3) is 0 Å². The van der Waals surface area contributed by atoms with Crippen LogP contribution in [-0.4, -0.2) is 63.4 Å². The highest BCUT2D eigenvalue weighted by Gasteiger charge is 2.43. The van der Waals surface area contributed by atoms with E-state index in [-0.39, 0.29) is 6.61 Å². The molecular formula is C17H27NO6. The lowest BCUT2D eigenvalue weighted by atomic mass is 10.0. The Balaban J connectivity index is 2.22. The number of benzene rings is 1. The largest absolute Gasteiger partial charge is 0.497 e. The van der Waals surface area contributed by atoms with Crippen molar-refractivity contribution in [3.05, 3.63) is 24.3 Å². The zero-order valence-corrected chi connectivity index (χ0v) is 14.8. The summed E-state index contributed by atoms with van der Waals surface area (Å²) < 4.78 is 27.4. The zero-order valence-electron chi connectivity index (χ0n) is 14.8. The summed E-state index contributed by atoms with van der Waals surface area (Å²) in [7, 11) is 4.72. The lowest BCUT2D eigenvalue weighted by Crippen LogP contribution is -2.59. The van der Waals surface area contributed by atoms with Gasteiger partial charge in [-0.05, 0) is 38.1 Å². The molecule has 0 amide bonds. The van der Waals surface area contributed by atoms with E-state index in [9.17, 15) is 5.11 Å². The van der Waals surface area contributed by atoms with Gasteiger partial charge in [-0.15, -0.1) is 0 Å². The summed E-state index contributed by atoms with van der Waals surface area (Å²) in [6.07, 6.45) is -1.98. The van der Waals surface area contributed by atoms with Crippen molar-refractivity contribution in [2.45, 2.75) is 44.2 Å². The Labute approximate surface area is 142 Å². The number of rotatable bonds is 7. The van der Waals surface area contributed by atoms with Crippen LogP contribution in [-0.2, 0) is 18.9 Å². The fourth-order valence-corrected chi connectivity index (χ4v) is 2.71. The molecule has 1 heterocycles. The average molecular weight is 341 g/mol. The summed E-state index contributed by atoms with van der Waals surface area (Å²) in [5.41, 5.74) is 0.833. The molecule has 1 aliphatic rings. The fraction of sp³-hybridized carbons (Fsp3) is 0.647. The summed E-state index contributed by atoms with van der Waals surface area (Å²) >= 11 is 0. The SMILES string of the molecule is COc1ccc(N[C@H](C(OC)OC)[C@@H]2OC(C)(C)OC[C@@H]2O)cc1. The lowest BCUT2D eigenvalue weighted by molar-refractivity contribution is -0.315. The van der Waals surface area contributed by atoms with Crippen molar-refractivity contribution in [3.8, 4) is 5.75 Å². The molecule has 2 rings (SSSR count). The monoisotopic (exact) mass is 341 g/mol. The van der Waals surface area contributed by atoms with Gasteiger partial charge in [0.25, 0.3) is 0 Å². The van der Waals surface area contributed by atoms with Gasteiger partial charge in [-0.2, -0.15) is 0 Å². The van der Waals surface area contributed by atoms with E-state index in [1.165, 1.54) is 0 Å². The third-order valence-electron chi connectivity index (χ3n) is 3.94. The molecule has 3 atom stereocenters. The number of methoxy groups -OCH3 is 3. The Morgan fingerprint density at radius 3 is 2.33 bits per heavy atom. The van der Waals surface area contributed by atoms with Crippen LogP contribution in [0.5, 0.6) is 5.75 Å². The molecule has 7 nitrogen and oxygen atoms in total. The molecule has 1 saturated heterocycles. The Morgan fingerprint density at radius 1 is 1.17 bits per heavy atom. The first-order valence-corrected chi connectivity index (χ1v) is 7.86. The second kappa shape index (κ2) is 8.13. The van der Waals surface area contributed by atoms with Crippen molar-refractivity contribution in [3.63, 3.8) is 0 Å². The van der Waals surface area contributed by atoms with Gasteiger partial charge >= 0.3 is 0 Å². The highest BCUT2D eigenvalue weighted by Crippen LogP contribution is 2.28. The van der Waals surface area contributed by atoms with E-state index >= 15 is 0 Å². The quantitative estimate of drug-likeness (QED) is 0.730. The number of ether oxygens (including phenoxy) is 5. The minimum atomic E-state index is -0.804. The van der Waals surface area contributed by atoms with Crippen molar-refractivity contribution in [2.75, 3.05) is 33.3 Å². The molecule has 0 spiro atoms. The third-order valence-corrected chi connectivity index (χ3v) is 3.94. The van der Waals surface area contributed by atoms with Crippen LogP contribution in [0.1, 0.15) is 13.8 Å². The van der Waals surface area contributed by atoms with Gasteiger partial charge in [0.1, 0.15) is 24.0 Å². The van der Waals surface area contributed by atoms with Crippen molar-refractivity contribution >= 4 is 5.69 Å². The lowest BCUT2D eigenvalue weighted by Gasteiger charge is -2.44. The van der Waals surface area contributed by atoms with Gasteiger partial charge in [0, 0.05) is 19.9 Å². The molecule has 7 heteroatoms. The van der Waals surface area contributed by atoms with Crippen molar-refractivity contribution in [1.29, 1.82) is 0 Å². The van der Waals surface area contributed by atoms with Crippen molar-refractivity contribution in [1.82, 2.24) is 0 Å². The Hall–Kier alpha value is -1.38. The molecule has 0 unspecified atom stereocenters. The van der Waals surface area contributed by atoms with E-state index in [0.717, 1.165) is 11.4 Å². The fourth-order valence-electron chi connectivity index (χ4n) is 2.71. The van der Waals surface area contributed by atoms with Gasteiger partial charge in [0.2, 0.25) is 0 Å². The molecular weight excluding hydrogens is 314 g/mol. The second-order valence-electron chi connectivity index (χ2n) is 6.10. The Kier molecular flexibility index (Phi) is 6.42. The van der Waals surface area contributed by atoms with Crippen LogP contribution < -0.4 is 10.1 Å². The maximum absolute atomic E-state index is 10.4. The van der Waals surface area contributed by atoms with Crippen LogP contribution in [0.3, 0.4) is 0 Å². The van der Waals surface area contributed by atoms with Gasteiger partial charge in [0.05, 0.1) is 13.7 Å². The molecule has 0 saturated carbocycles. The predicted octanol–water partition coefficient (Wildman–Crippen LogP) is 1.61. The minimum absolute atomic E-state index is 0.179. The normalized spacial score (nSPS) is 24.6. The maximum Gasteiger partial charge on any atom is 0.179 e. The number of aliphatic hydroxyl groups excluding tert-OH is 1. The Bertz CT molecular complexity index is 502. The van der Waals surface area contributed by atoms with E-state index in [2.05, 4.69) is 5.32 Å². The van der Waals surface area contributed by atoms with Crippen LogP contribution in [0.4, 0.5) is 5.69 Å². The Morgan fingerprint density at radius 2 is 1.79 bits per heavy atom. The van der Waals surface area contributed by atoms with Gasteiger partial charge in [0.15, 0.2) is 12.1 Å². The van der Waals surface area contributed by atoms with Gasteiger partial charge in [-0.3, -0.25) is 0 Å². The molecule has 1 aromatic rings. The van der Waals surface area contributed by atoms with E-state index in [1.807, 2.05) is 38.1 Å². The molecule has 1 aromatic carbocycles. The van der Waals surface area contributed by atoms with Crippen molar-refractivity contribution in [2.24, 2.45) is 0 Å². The maximum atomic E-state index is 10.4. The molecule has 0 aliphatic carbocycles. The highest BCUT2D eigenvalue weighted by molar-refractivity contribution is 5.47. The molecule has 1 aliphatic heterocycles. The average Bonchev–Trinajstić information content (AvgIpc) is 2.58. The smallest absolute Gasteiger partial charge is 0.179 e. The molecule has 0 bridgehead atoms. The first kappa shape index (κ1) is 19.0. The standard InChI is InChI=1S/C17H27NO6/c1-17(2)23-10-13(19)15(24-17)14(16(21-4)22-5)18-11-6-8-12(20-3)9-7-11/h6-9,13-16,18-19H,10H2,1-5H3/t13-,14-,15+/m0/s1. The first-order valence-electron chi connectivity index (χ1n) is 7.86. The summed E-state index contributed by atoms with van der Waals surface area (Å²) in [5.74, 6) is -0.0360. The van der Waals surface area contributed by atoms with Gasteiger partial charge in [-0.1, -0.05) is 0 Å². The number of nitrogens with one attached hydrogen (secondary N) is 1. The summed E-state index contributed by atoms with van der Waals surface area (Å²) in [5, 5.41) is 13.7. The topological polar surface area (TPSA) is 78.4 Å². The van der Waals surface area contributed by atoms with E-state index < -0.39 is 30.3 Å². The number of hydrogen-bond acceptors (Lipinski definition) is 7. The molecule has 2 N–H and O–H groups in total. The van der Waals surface area contributed by atoms with E-state index in [1.54, 1.807) is 21.3 Å². The number of hydrogen-bond donors (Lipinski definition) is 2. The van der Waals surface area contributed by atoms with Crippen molar-refractivity contribution < 1.29 is 28.8 Å². The summed E-state index contributed by atoms with van der Waals surface area (Å²) in [6.45, 7) is 3.80. The van der Waals surface area contributed by atoms with Crippen LogP contribution in [0, 0.1) is 0 Å². The molecule has 136 valence electrons. The highest BCUT2D eigenvalue weighted by atomic mass is 16.7. The minimum Gasteiger partial charge on any atom is -0.497 e. The van der Waals surface area contributed by atoms with Gasteiger partial charge < -0.3 is 34.1 Å². The first-order chi connectivity index (χ1) is 11.4. The molecule has 24 heavy (non-hydrogen) atoms. The van der Waals surface area contributed by atoms with Crippen LogP contribution in [0.15, 0.2) is 24.3 Å². The number of aliphatic hydroxyl groups is 1. The predicted molar refractivity (Wildman–Crippen MR) is 89.1 cm³/mol.